The van der Waals surface area contributed by atoms with Gasteiger partial charge in [-0.05, 0) is 65.1 Å². The molecule has 0 spiro atoms. The van der Waals surface area contributed by atoms with E-state index in [4.69, 9.17) is 39.5 Å². The molecule has 0 aliphatic heterocycles. The first-order chi connectivity index (χ1) is 11.3. The molecule has 0 fully saturated rings. The molecule has 128 valence electrons. The summed E-state index contributed by atoms with van der Waals surface area (Å²) in [7, 11) is 1.58. The highest BCUT2D eigenvalue weighted by atomic mass is 127. The van der Waals surface area contributed by atoms with Crippen LogP contribution in [-0.2, 0) is 0 Å². The van der Waals surface area contributed by atoms with Gasteiger partial charge >= 0.3 is 0 Å². The number of methoxy groups -OCH3 is 1. The number of alkyl halides is 3. The molecule has 0 aliphatic carbocycles. The van der Waals surface area contributed by atoms with Crippen molar-refractivity contribution in [3.8, 4) is 5.75 Å². The SMILES string of the molecule is COc1ccc(N[C@@H](NC(=O)c2cccc(I)c2)C(Cl)(Cl)Cl)cc1. The minimum absolute atomic E-state index is 0.342. The zero-order valence-electron chi connectivity index (χ0n) is 12.5. The average molecular weight is 500 g/mol. The number of halogens is 4. The van der Waals surface area contributed by atoms with Crippen molar-refractivity contribution in [1.29, 1.82) is 0 Å². The maximum atomic E-state index is 12.4. The number of amides is 1. The molecule has 0 radical (unpaired) electrons. The topological polar surface area (TPSA) is 50.4 Å². The molecule has 2 aromatic rings. The smallest absolute Gasteiger partial charge is 0.253 e. The number of ether oxygens (including phenoxy) is 1. The maximum absolute atomic E-state index is 12.4. The number of rotatable bonds is 5. The van der Waals surface area contributed by atoms with Crippen molar-refractivity contribution in [1.82, 2.24) is 5.32 Å². The van der Waals surface area contributed by atoms with Gasteiger partial charge in [0.15, 0.2) is 0 Å². The minimum atomic E-state index is -1.74. The van der Waals surface area contributed by atoms with Crippen LogP contribution in [0.15, 0.2) is 48.5 Å². The summed E-state index contributed by atoms with van der Waals surface area (Å²) >= 11 is 20.1. The second kappa shape index (κ2) is 8.47. The van der Waals surface area contributed by atoms with E-state index >= 15 is 0 Å². The van der Waals surface area contributed by atoms with Crippen molar-refractivity contribution >= 4 is 69.0 Å². The Balaban J connectivity index is 2.14. The van der Waals surface area contributed by atoms with Crippen molar-refractivity contribution in [2.24, 2.45) is 0 Å². The van der Waals surface area contributed by atoms with E-state index in [1.54, 1.807) is 49.6 Å². The average Bonchev–Trinajstić information content (AvgIpc) is 2.54. The normalized spacial score (nSPS) is 12.4. The van der Waals surface area contributed by atoms with Crippen LogP contribution in [0, 0.1) is 3.57 Å². The van der Waals surface area contributed by atoms with Crippen LogP contribution in [0.25, 0.3) is 0 Å². The van der Waals surface area contributed by atoms with Crippen molar-refractivity contribution in [2.75, 3.05) is 12.4 Å². The minimum Gasteiger partial charge on any atom is -0.497 e. The van der Waals surface area contributed by atoms with Gasteiger partial charge in [0.25, 0.3) is 5.91 Å². The van der Waals surface area contributed by atoms with Gasteiger partial charge in [-0.2, -0.15) is 0 Å². The highest BCUT2D eigenvalue weighted by molar-refractivity contribution is 14.1. The summed E-state index contributed by atoms with van der Waals surface area (Å²) < 4.78 is 4.30. The van der Waals surface area contributed by atoms with E-state index in [9.17, 15) is 4.79 Å². The summed E-state index contributed by atoms with van der Waals surface area (Å²) in [5, 5.41) is 5.70. The lowest BCUT2D eigenvalue weighted by atomic mass is 10.2. The Labute approximate surface area is 168 Å². The van der Waals surface area contributed by atoms with Crippen LogP contribution in [0.1, 0.15) is 10.4 Å². The van der Waals surface area contributed by atoms with Gasteiger partial charge in [0.1, 0.15) is 11.9 Å². The number of benzene rings is 2. The largest absolute Gasteiger partial charge is 0.497 e. The third-order valence-electron chi connectivity index (χ3n) is 3.09. The molecule has 2 rings (SSSR count). The molecule has 0 heterocycles. The van der Waals surface area contributed by atoms with Gasteiger partial charge in [-0.3, -0.25) is 4.79 Å². The fraction of sp³-hybridized carbons (Fsp3) is 0.188. The van der Waals surface area contributed by atoms with Gasteiger partial charge in [0.2, 0.25) is 3.79 Å². The van der Waals surface area contributed by atoms with Gasteiger partial charge in [0.05, 0.1) is 7.11 Å². The molecule has 2 N–H and O–H groups in total. The van der Waals surface area contributed by atoms with Crippen molar-refractivity contribution in [2.45, 2.75) is 9.96 Å². The van der Waals surface area contributed by atoms with E-state index in [1.165, 1.54) is 0 Å². The molecule has 0 aromatic heterocycles. The fourth-order valence-corrected chi connectivity index (χ4v) is 2.77. The monoisotopic (exact) mass is 498 g/mol. The number of anilines is 1. The first kappa shape index (κ1) is 19.4. The van der Waals surface area contributed by atoms with Crippen molar-refractivity contribution in [3.63, 3.8) is 0 Å². The lowest BCUT2D eigenvalue weighted by Gasteiger charge is -2.27. The number of carbonyl (C=O) groups excluding carboxylic acids is 1. The number of hydrogen-bond acceptors (Lipinski definition) is 3. The van der Waals surface area contributed by atoms with Crippen LogP contribution in [0.3, 0.4) is 0 Å². The molecule has 1 amide bonds. The molecule has 0 saturated heterocycles. The zero-order chi connectivity index (χ0) is 17.7. The quantitative estimate of drug-likeness (QED) is 0.352. The van der Waals surface area contributed by atoms with E-state index in [0.29, 0.717) is 17.0 Å². The van der Waals surface area contributed by atoms with E-state index in [0.717, 1.165) is 3.57 Å². The molecular weight excluding hydrogens is 485 g/mol. The van der Waals surface area contributed by atoms with Crippen LogP contribution < -0.4 is 15.4 Å². The Kier molecular flexibility index (Phi) is 6.86. The van der Waals surface area contributed by atoms with Crippen LogP contribution in [-0.4, -0.2) is 23.0 Å². The van der Waals surface area contributed by atoms with Crippen LogP contribution >= 0.6 is 57.4 Å². The molecular formula is C16H14Cl3IN2O2. The van der Waals surface area contributed by atoms with E-state index < -0.39 is 9.96 Å². The molecule has 8 heteroatoms. The molecule has 2 aromatic carbocycles. The van der Waals surface area contributed by atoms with Gasteiger partial charge < -0.3 is 15.4 Å². The third-order valence-corrected chi connectivity index (χ3v) is 4.42. The van der Waals surface area contributed by atoms with E-state index in [-0.39, 0.29) is 5.91 Å². The third kappa shape index (κ3) is 5.58. The van der Waals surface area contributed by atoms with Crippen LogP contribution in [0.4, 0.5) is 5.69 Å². The van der Waals surface area contributed by atoms with E-state index in [2.05, 4.69) is 33.2 Å². The van der Waals surface area contributed by atoms with Crippen LogP contribution in [0.2, 0.25) is 0 Å². The molecule has 24 heavy (non-hydrogen) atoms. The summed E-state index contributed by atoms with van der Waals surface area (Å²) in [5.74, 6) is 0.361. The van der Waals surface area contributed by atoms with Crippen molar-refractivity contribution in [3.05, 3.63) is 57.7 Å². The second-order valence-corrected chi connectivity index (χ2v) is 8.45. The summed E-state index contributed by atoms with van der Waals surface area (Å²) in [6.07, 6.45) is -0.915. The highest BCUT2D eigenvalue weighted by Gasteiger charge is 2.34. The first-order valence-electron chi connectivity index (χ1n) is 6.83. The van der Waals surface area contributed by atoms with Gasteiger partial charge in [-0.1, -0.05) is 40.9 Å². The summed E-state index contributed by atoms with van der Waals surface area (Å²) in [6.45, 7) is 0. The van der Waals surface area contributed by atoms with Crippen LogP contribution in [0.5, 0.6) is 5.75 Å². The number of hydrogen-bond donors (Lipinski definition) is 2. The lowest BCUT2D eigenvalue weighted by molar-refractivity contribution is 0.0942. The summed E-state index contributed by atoms with van der Waals surface area (Å²) in [6, 6.07) is 14.2. The van der Waals surface area contributed by atoms with Gasteiger partial charge in [-0.15, -0.1) is 0 Å². The summed E-state index contributed by atoms with van der Waals surface area (Å²) in [4.78, 5) is 12.4. The molecule has 0 bridgehead atoms. The molecule has 4 nitrogen and oxygen atoms in total. The van der Waals surface area contributed by atoms with Crippen molar-refractivity contribution < 1.29 is 9.53 Å². The maximum Gasteiger partial charge on any atom is 0.253 e. The summed E-state index contributed by atoms with van der Waals surface area (Å²) in [5.41, 5.74) is 1.16. The molecule has 0 saturated carbocycles. The lowest BCUT2D eigenvalue weighted by Crippen LogP contribution is -2.49. The molecule has 0 unspecified atom stereocenters. The highest BCUT2D eigenvalue weighted by Crippen LogP contribution is 2.31. The second-order valence-electron chi connectivity index (χ2n) is 4.83. The van der Waals surface area contributed by atoms with Gasteiger partial charge in [-0.25, -0.2) is 0 Å². The van der Waals surface area contributed by atoms with Gasteiger partial charge in [0, 0.05) is 14.8 Å². The molecule has 1 atom stereocenters. The number of carbonyl (C=O) groups is 1. The Morgan fingerprint density at radius 1 is 1.17 bits per heavy atom. The Hall–Kier alpha value is -0.890. The Morgan fingerprint density at radius 3 is 2.38 bits per heavy atom. The Bertz CT molecular complexity index is 705. The standard InChI is InChI=1S/C16H14Cl3IN2O2/c1-24-13-7-5-12(6-8-13)21-15(16(17,18)19)22-14(23)10-3-2-4-11(20)9-10/h2-9,15,21H,1H3,(H,22,23)/t15-/m0/s1. The Morgan fingerprint density at radius 2 is 1.83 bits per heavy atom. The number of nitrogens with one attached hydrogen (secondary N) is 2. The zero-order valence-corrected chi connectivity index (χ0v) is 16.9. The first-order valence-corrected chi connectivity index (χ1v) is 9.04. The predicted molar refractivity (Wildman–Crippen MR) is 107 cm³/mol. The predicted octanol–water partition coefficient (Wildman–Crippen LogP) is 4.84. The fourth-order valence-electron chi connectivity index (χ4n) is 1.90. The molecule has 0 aliphatic rings. The van der Waals surface area contributed by atoms with E-state index in [1.807, 2.05) is 6.07 Å².